The molecule has 2 aliphatic carbocycles. The molecule has 1 saturated carbocycles. The van der Waals surface area contributed by atoms with E-state index >= 15 is 0 Å². The first-order chi connectivity index (χ1) is 16.3. The molecule has 0 aromatic carbocycles. The van der Waals surface area contributed by atoms with Crippen molar-refractivity contribution in [3.8, 4) is 0 Å². The Bertz CT molecular complexity index is 899. The van der Waals surface area contributed by atoms with Crippen LogP contribution in [0, 0.1) is 27.9 Å². The fourth-order valence-electron chi connectivity index (χ4n) is 4.79. The van der Waals surface area contributed by atoms with Gasteiger partial charge in [0.05, 0.1) is 5.92 Å². The van der Waals surface area contributed by atoms with Gasteiger partial charge in [-0.1, -0.05) is 12.2 Å². The van der Waals surface area contributed by atoms with Gasteiger partial charge in [-0.2, -0.15) is 0 Å². The highest BCUT2D eigenvalue weighted by Gasteiger charge is 2.60. The number of ether oxygens (including phenoxy) is 5. The summed E-state index contributed by atoms with van der Waals surface area (Å²) < 4.78 is 26.4. The molecule has 0 aromatic heterocycles. The predicted octanol–water partition coefficient (Wildman–Crippen LogP) is 0.744. The fourth-order valence-corrected chi connectivity index (χ4v) is 4.79. The third-order valence-electron chi connectivity index (χ3n) is 5.79. The maximum absolute atomic E-state index is 12.1. The molecule has 0 radical (unpaired) electrons. The topological polar surface area (TPSA) is 175 Å². The minimum atomic E-state index is -1.63. The number of carbonyl (C=O) groups is 5. The zero-order chi connectivity index (χ0) is 26.4. The smallest absolute Gasteiger partial charge is 0.303 e. The molecule has 2 aliphatic rings. The van der Waals surface area contributed by atoms with Crippen molar-refractivity contribution in [3.05, 3.63) is 22.3 Å². The average Bonchev–Trinajstić information content (AvgIpc) is 3.32. The highest BCUT2D eigenvalue weighted by Crippen LogP contribution is 2.48. The van der Waals surface area contributed by atoms with Crippen molar-refractivity contribution in [2.24, 2.45) is 17.8 Å². The first-order valence-corrected chi connectivity index (χ1v) is 11.0. The first kappa shape index (κ1) is 27.7. The third-order valence-corrected chi connectivity index (χ3v) is 5.79. The lowest BCUT2D eigenvalue weighted by Crippen LogP contribution is -2.57. The van der Waals surface area contributed by atoms with Crippen molar-refractivity contribution in [1.82, 2.24) is 0 Å². The van der Waals surface area contributed by atoms with Crippen LogP contribution in [0.25, 0.3) is 0 Å². The van der Waals surface area contributed by atoms with Crippen molar-refractivity contribution < 1.29 is 52.6 Å². The molecular formula is C22H29NO12. The van der Waals surface area contributed by atoms with Gasteiger partial charge in [0.15, 0.2) is 24.4 Å². The van der Waals surface area contributed by atoms with Gasteiger partial charge in [0, 0.05) is 45.5 Å². The number of hydrogen-bond donors (Lipinski definition) is 0. The van der Waals surface area contributed by atoms with Gasteiger partial charge >= 0.3 is 29.8 Å². The molecule has 2 bridgehead atoms. The zero-order valence-corrected chi connectivity index (χ0v) is 20.0. The van der Waals surface area contributed by atoms with E-state index in [1.54, 1.807) is 12.2 Å². The molecule has 0 spiro atoms. The number of allylic oxidation sites excluding steroid dienone is 1. The SMILES string of the molecule is CC(=O)OC[C@@H](OC(C)=O)[C@@H](OC(C)=O)[C@H](OC(C)=O)[C@H](OC(C)=O)[C@@H]1[C@@H]([N+](=O)[O-])[C@@H]2C=C[C@H]1C2. The van der Waals surface area contributed by atoms with Crippen LogP contribution in [0.15, 0.2) is 12.2 Å². The Labute approximate surface area is 201 Å². The number of nitrogens with zero attached hydrogens (tertiary/aromatic N) is 1. The largest absolute Gasteiger partial charge is 0.462 e. The van der Waals surface area contributed by atoms with Crippen LogP contribution in [-0.4, -0.2) is 71.8 Å². The zero-order valence-electron chi connectivity index (χ0n) is 20.0. The molecule has 13 heteroatoms. The average molecular weight is 499 g/mol. The summed E-state index contributed by atoms with van der Waals surface area (Å²) in [5.74, 6) is -5.94. The van der Waals surface area contributed by atoms with Crippen LogP contribution in [-0.2, 0) is 47.7 Å². The monoisotopic (exact) mass is 499 g/mol. The maximum atomic E-state index is 12.1. The van der Waals surface area contributed by atoms with Gasteiger partial charge in [0.1, 0.15) is 6.61 Å². The van der Waals surface area contributed by atoms with Crippen LogP contribution >= 0.6 is 0 Å². The van der Waals surface area contributed by atoms with Crippen LogP contribution in [0.2, 0.25) is 0 Å². The quantitative estimate of drug-likeness (QED) is 0.128. The molecule has 2 rings (SSSR count). The number of nitro groups is 1. The van der Waals surface area contributed by atoms with Gasteiger partial charge in [0.2, 0.25) is 6.04 Å². The van der Waals surface area contributed by atoms with E-state index in [1.165, 1.54) is 0 Å². The molecule has 194 valence electrons. The normalized spacial score (nSPS) is 25.5. The third kappa shape index (κ3) is 7.23. The maximum Gasteiger partial charge on any atom is 0.303 e. The van der Waals surface area contributed by atoms with Crippen molar-refractivity contribution in [2.45, 2.75) is 71.5 Å². The summed E-state index contributed by atoms with van der Waals surface area (Å²) >= 11 is 0. The summed E-state index contributed by atoms with van der Waals surface area (Å²) in [6.07, 6.45) is -2.29. The summed E-state index contributed by atoms with van der Waals surface area (Å²) in [5, 5.41) is 12.0. The van der Waals surface area contributed by atoms with Gasteiger partial charge in [-0.3, -0.25) is 34.1 Å². The van der Waals surface area contributed by atoms with Crippen molar-refractivity contribution >= 4 is 29.8 Å². The van der Waals surface area contributed by atoms with E-state index in [9.17, 15) is 34.1 Å². The standard InChI is InChI=1S/C22H29NO12/c1-10(24)31-9-17(32-11(2)25)20(33-12(3)26)22(35-14(5)28)21(34-13(4)27)18-15-6-7-16(8-15)19(18)23(29)30/h6-7,15-22H,8-9H2,1-5H3/t15-,16+,17+,18-,19-,20+,21+,22-/m0/s1. The van der Waals surface area contributed by atoms with Gasteiger partial charge in [-0.25, -0.2) is 0 Å². The van der Waals surface area contributed by atoms with Crippen LogP contribution < -0.4 is 0 Å². The molecule has 0 saturated heterocycles. The van der Waals surface area contributed by atoms with E-state index in [2.05, 4.69) is 0 Å². The molecule has 1 fully saturated rings. The number of carbonyl (C=O) groups excluding carboxylic acids is 5. The molecule has 0 aliphatic heterocycles. The number of fused-ring (bicyclic) bond motifs is 2. The molecule has 35 heavy (non-hydrogen) atoms. The molecule has 0 N–H and O–H groups in total. The molecule has 0 unspecified atom stereocenters. The Morgan fingerprint density at radius 2 is 1.31 bits per heavy atom. The Morgan fingerprint density at radius 3 is 1.80 bits per heavy atom. The second-order valence-electron chi connectivity index (χ2n) is 8.47. The molecule has 0 aromatic rings. The molecule has 0 amide bonds. The lowest BCUT2D eigenvalue weighted by atomic mass is 9.80. The summed E-state index contributed by atoms with van der Waals surface area (Å²) in [6, 6.07) is -1.17. The van der Waals surface area contributed by atoms with Crippen LogP contribution in [0.5, 0.6) is 0 Å². The van der Waals surface area contributed by atoms with Gasteiger partial charge in [-0.05, 0) is 12.3 Å². The Kier molecular flexibility index (Phi) is 9.32. The number of hydrogen-bond acceptors (Lipinski definition) is 12. The second-order valence-corrected chi connectivity index (χ2v) is 8.47. The van der Waals surface area contributed by atoms with E-state index in [1.807, 2.05) is 0 Å². The van der Waals surface area contributed by atoms with Crippen molar-refractivity contribution in [2.75, 3.05) is 6.61 Å². The van der Waals surface area contributed by atoms with Gasteiger partial charge < -0.3 is 23.7 Å². The van der Waals surface area contributed by atoms with Crippen LogP contribution in [0.4, 0.5) is 0 Å². The van der Waals surface area contributed by atoms with E-state index < -0.39 is 89.6 Å². The van der Waals surface area contributed by atoms with E-state index in [4.69, 9.17) is 23.7 Å². The van der Waals surface area contributed by atoms with Crippen LogP contribution in [0.3, 0.4) is 0 Å². The number of esters is 5. The summed E-state index contributed by atoms with van der Waals surface area (Å²) in [6.45, 7) is 4.72. The van der Waals surface area contributed by atoms with Gasteiger partial charge in [0.25, 0.3) is 0 Å². The van der Waals surface area contributed by atoms with Crippen molar-refractivity contribution in [3.63, 3.8) is 0 Å². The molecular weight excluding hydrogens is 470 g/mol. The minimum Gasteiger partial charge on any atom is -0.462 e. The Hall–Kier alpha value is -3.51. The Morgan fingerprint density at radius 1 is 0.800 bits per heavy atom. The highest BCUT2D eigenvalue weighted by molar-refractivity contribution is 5.69. The summed E-state index contributed by atoms with van der Waals surface area (Å²) in [7, 11) is 0. The lowest BCUT2D eigenvalue weighted by molar-refractivity contribution is -0.538. The molecule has 0 heterocycles. The first-order valence-electron chi connectivity index (χ1n) is 11.0. The summed E-state index contributed by atoms with van der Waals surface area (Å²) in [5.41, 5.74) is 0. The molecule has 13 nitrogen and oxygen atoms in total. The Balaban J connectivity index is 2.61. The van der Waals surface area contributed by atoms with Crippen LogP contribution in [0.1, 0.15) is 41.0 Å². The predicted molar refractivity (Wildman–Crippen MR) is 114 cm³/mol. The summed E-state index contributed by atoms with van der Waals surface area (Å²) in [4.78, 5) is 70.8. The van der Waals surface area contributed by atoms with E-state index in [-0.39, 0.29) is 0 Å². The molecule has 8 atom stereocenters. The highest BCUT2D eigenvalue weighted by atomic mass is 16.6. The lowest BCUT2D eigenvalue weighted by Gasteiger charge is -2.39. The fraction of sp³-hybridized carbons (Fsp3) is 0.682. The van der Waals surface area contributed by atoms with Gasteiger partial charge in [-0.15, -0.1) is 0 Å². The van der Waals surface area contributed by atoms with Crippen molar-refractivity contribution in [1.29, 1.82) is 0 Å². The van der Waals surface area contributed by atoms with E-state index in [0.29, 0.717) is 6.42 Å². The minimum absolute atomic E-state index is 0.392. The second kappa shape index (κ2) is 11.8. The number of rotatable bonds is 11. The van der Waals surface area contributed by atoms with E-state index in [0.717, 1.165) is 34.6 Å².